The summed E-state index contributed by atoms with van der Waals surface area (Å²) >= 11 is 0. The molecular formula is C18H17NO2. The Morgan fingerprint density at radius 2 is 1.95 bits per heavy atom. The fourth-order valence-corrected chi connectivity index (χ4v) is 2.52. The van der Waals surface area contributed by atoms with E-state index in [1.165, 1.54) is 0 Å². The molecule has 106 valence electrons. The zero-order valence-corrected chi connectivity index (χ0v) is 11.7. The maximum atomic E-state index is 12.7. The number of aromatic nitrogens is 1. The van der Waals surface area contributed by atoms with Crippen molar-refractivity contribution in [1.29, 1.82) is 0 Å². The molecule has 3 nitrogen and oxygen atoms in total. The first kappa shape index (κ1) is 13.7. The number of ketones is 1. The standard InChI is InChI=1S/C18H17NO2/c20-18-12-15-7-2-1-6-14(15)8-5-11-21-13-16(18)17-9-3-4-10-19-17/h1-10,16H,11-13H2/b8-5-. The third kappa shape index (κ3) is 3.26. The molecule has 1 unspecified atom stereocenters. The van der Waals surface area contributed by atoms with Crippen molar-refractivity contribution in [2.45, 2.75) is 12.3 Å². The zero-order chi connectivity index (χ0) is 14.5. The highest BCUT2D eigenvalue weighted by Gasteiger charge is 2.23. The van der Waals surface area contributed by atoms with E-state index in [-0.39, 0.29) is 11.7 Å². The highest BCUT2D eigenvalue weighted by atomic mass is 16.5. The number of fused-ring (bicyclic) bond motifs is 1. The highest BCUT2D eigenvalue weighted by Crippen LogP contribution is 2.21. The zero-order valence-electron chi connectivity index (χ0n) is 11.7. The summed E-state index contributed by atoms with van der Waals surface area (Å²) in [6.45, 7) is 0.882. The van der Waals surface area contributed by atoms with Gasteiger partial charge in [-0.25, -0.2) is 0 Å². The van der Waals surface area contributed by atoms with Gasteiger partial charge in [0.25, 0.3) is 0 Å². The van der Waals surface area contributed by atoms with Gasteiger partial charge in [0, 0.05) is 12.6 Å². The van der Waals surface area contributed by atoms with Crippen LogP contribution in [0.4, 0.5) is 0 Å². The van der Waals surface area contributed by atoms with Crippen LogP contribution in [0.25, 0.3) is 6.08 Å². The van der Waals surface area contributed by atoms with Crippen LogP contribution in [0.15, 0.2) is 54.7 Å². The Kier molecular flexibility index (Phi) is 4.22. The van der Waals surface area contributed by atoms with Crippen LogP contribution in [0, 0.1) is 0 Å². The van der Waals surface area contributed by atoms with Gasteiger partial charge < -0.3 is 4.74 Å². The van der Waals surface area contributed by atoms with Crippen molar-refractivity contribution in [2.75, 3.05) is 13.2 Å². The van der Waals surface area contributed by atoms with Crippen LogP contribution in [0.3, 0.4) is 0 Å². The number of hydrogen-bond donors (Lipinski definition) is 0. The van der Waals surface area contributed by atoms with Crippen LogP contribution in [0.2, 0.25) is 0 Å². The molecule has 1 aromatic carbocycles. The Hall–Kier alpha value is -2.26. The summed E-state index contributed by atoms with van der Waals surface area (Å²) in [4.78, 5) is 17.0. The van der Waals surface area contributed by atoms with E-state index >= 15 is 0 Å². The van der Waals surface area contributed by atoms with Crippen LogP contribution in [0.5, 0.6) is 0 Å². The first-order valence-electron chi connectivity index (χ1n) is 7.10. The molecule has 0 N–H and O–H groups in total. The van der Waals surface area contributed by atoms with Gasteiger partial charge in [0.05, 0.1) is 24.8 Å². The molecule has 1 aromatic heterocycles. The molecule has 1 aliphatic rings. The molecule has 1 aliphatic heterocycles. The maximum absolute atomic E-state index is 12.7. The van der Waals surface area contributed by atoms with Gasteiger partial charge in [0.2, 0.25) is 0 Å². The van der Waals surface area contributed by atoms with Crippen molar-refractivity contribution in [1.82, 2.24) is 4.98 Å². The number of carbonyl (C=O) groups is 1. The minimum absolute atomic E-state index is 0.149. The van der Waals surface area contributed by atoms with Gasteiger partial charge in [-0.2, -0.15) is 0 Å². The number of benzene rings is 1. The Morgan fingerprint density at radius 1 is 1.10 bits per heavy atom. The van der Waals surface area contributed by atoms with Crippen molar-refractivity contribution in [3.05, 3.63) is 71.6 Å². The second kappa shape index (κ2) is 6.46. The number of hydrogen-bond acceptors (Lipinski definition) is 3. The fourth-order valence-electron chi connectivity index (χ4n) is 2.52. The molecule has 0 amide bonds. The van der Waals surface area contributed by atoms with Gasteiger partial charge in [0.15, 0.2) is 0 Å². The lowest BCUT2D eigenvalue weighted by molar-refractivity contribution is -0.121. The number of nitrogens with zero attached hydrogens (tertiary/aromatic N) is 1. The number of pyridine rings is 1. The minimum atomic E-state index is -0.300. The monoisotopic (exact) mass is 279 g/mol. The van der Waals surface area contributed by atoms with Crippen molar-refractivity contribution >= 4 is 11.9 Å². The second-order valence-corrected chi connectivity index (χ2v) is 5.09. The topological polar surface area (TPSA) is 39.2 Å². The average molecular weight is 279 g/mol. The first-order chi connectivity index (χ1) is 10.3. The molecule has 0 saturated heterocycles. The van der Waals surface area contributed by atoms with Crippen LogP contribution in [-0.2, 0) is 16.0 Å². The number of ether oxygens (including phenoxy) is 1. The Balaban J connectivity index is 1.93. The van der Waals surface area contributed by atoms with E-state index in [9.17, 15) is 4.79 Å². The van der Waals surface area contributed by atoms with Gasteiger partial charge in [-0.15, -0.1) is 0 Å². The molecule has 2 heterocycles. The van der Waals surface area contributed by atoms with Crippen molar-refractivity contribution in [3.63, 3.8) is 0 Å². The van der Waals surface area contributed by atoms with E-state index in [0.29, 0.717) is 19.6 Å². The summed E-state index contributed by atoms with van der Waals surface area (Å²) in [5, 5.41) is 0. The number of Topliss-reactive ketones (excluding diaryl/α,β-unsaturated/α-hetero) is 1. The maximum Gasteiger partial charge on any atom is 0.148 e. The van der Waals surface area contributed by atoms with Crippen LogP contribution in [0.1, 0.15) is 22.7 Å². The SMILES string of the molecule is O=C1Cc2ccccc2/C=C\COCC1c1ccccn1. The molecule has 1 atom stereocenters. The van der Waals surface area contributed by atoms with E-state index in [2.05, 4.69) is 4.98 Å². The summed E-state index contributed by atoms with van der Waals surface area (Å²) in [5.74, 6) is -0.151. The molecule has 3 heteroatoms. The fraction of sp³-hybridized carbons (Fsp3) is 0.222. The largest absolute Gasteiger partial charge is 0.376 e. The lowest BCUT2D eigenvalue weighted by Gasteiger charge is -2.17. The number of carbonyl (C=O) groups excluding carboxylic acids is 1. The quantitative estimate of drug-likeness (QED) is 0.805. The lowest BCUT2D eigenvalue weighted by Crippen LogP contribution is -2.22. The Labute approximate surface area is 124 Å². The minimum Gasteiger partial charge on any atom is -0.376 e. The third-order valence-electron chi connectivity index (χ3n) is 3.65. The average Bonchev–Trinajstić information content (AvgIpc) is 2.53. The predicted molar refractivity (Wildman–Crippen MR) is 82.0 cm³/mol. The summed E-state index contributed by atoms with van der Waals surface area (Å²) in [6, 6.07) is 13.6. The summed E-state index contributed by atoms with van der Waals surface area (Å²) in [7, 11) is 0. The van der Waals surface area contributed by atoms with E-state index in [4.69, 9.17) is 4.74 Å². The van der Waals surface area contributed by atoms with Crippen LogP contribution < -0.4 is 0 Å². The molecule has 21 heavy (non-hydrogen) atoms. The Bertz CT molecular complexity index is 649. The second-order valence-electron chi connectivity index (χ2n) is 5.09. The van der Waals surface area contributed by atoms with E-state index in [1.807, 2.05) is 54.6 Å². The smallest absolute Gasteiger partial charge is 0.148 e. The van der Waals surface area contributed by atoms with Crippen molar-refractivity contribution in [3.8, 4) is 0 Å². The van der Waals surface area contributed by atoms with Gasteiger partial charge in [-0.3, -0.25) is 9.78 Å². The summed E-state index contributed by atoms with van der Waals surface area (Å²) in [5.41, 5.74) is 2.92. The lowest BCUT2D eigenvalue weighted by atomic mass is 9.92. The van der Waals surface area contributed by atoms with Crippen molar-refractivity contribution in [2.24, 2.45) is 0 Å². The molecule has 0 aliphatic carbocycles. The van der Waals surface area contributed by atoms with Gasteiger partial charge in [-0.1, -0.05) is 42.5 Å². The molecule has 0 bridgehead atoms. The summed E-state index contributed by atoms with van der Waals surface area (Å²) < 4.78 is 5.61. The summed E-state index contributed by atoms with van der Waals surface area (Å²) in [6.07, 6.45) is 6.13. The predicted octanol–water partition coefficient (Wildman–Crippen LogP) is 3.02. The molecule has 0 radical (unpaired) electrons. The first-order valence-corrected chi connectivity index (χ1v) is 7.10. The van der Waals surface area contributed by atoms with Gasteiger partial charge in [0.1, 0.15) is 5.78 Å². The van der Waals surface area contributed by atoms with Gasteiger partial charge >= 0.3 is 0 Å². The molecule has 0 spiro atoms. The Morgan fingerprint density at radius 3 is 2.81 bits per heavy atom. The molecule has 0 fully saturated rings. The van der Waals surface area contributed by atoms with E-state index < -0.39 is 0 Å². The molecule has 2 aromatic rings. The van der Waals surface area contributed by atoms with Crippen molar-refractivity contribution < 1.29 is 9.53 Å². The normalized spacial score (nSPS) is 20.6. The van der Waals surface area contributed by atoms with Gasteiger partial charge in [-0.05, 0) is 23.3 Å². The highest BCUT2D eigenvalue weighted by molar-refractivity contribution is 5.88. The molecular weight excluding hydrogens is 262 g/mol. The van der Waals surface area contributed by atoms with Crippen LogP contribution >= 0.6 is 0 Å². The van der Waals surface area contributed by atoms with E-state index in [1.54, 1.807) is 6.20 Å². The van der Waals surface area contributed by atoms with E-state index in [0.717, 1.165) is 16.8 Å². The van der Waals surface area contributed by atoms with Crippen LogP contribution in [-0.4, -0.2) is 24.0 Å². The molecule has 0 saturated carbocycles. The number of rotatable bonds is 1. The molecule has 3 rings (SSSR count). The third-order valence-corrected chi connectivity index (χ3v) is 3.65.